The zero-order chi connectivity index (χ0) is 15.7. The normalized spacial score (nSPS) is 26.1. The van der Waals surface area contributed by atoms with Gasteiger partial charge < -0.3 is 4.90 Å². The van der Waals surface area contributed by atoms with Gasteiger partial charge in [0.1, 0.15) is 0 Å². The second kappa shape index (κ2) is 6.01. The van der Waals surface area contributed by atoms with Crippen LogP contribution in [0.15, 0.2) is 24.3 Å². The predicted octanol–water partition coefficient (Wildman–Crippen LogP) is 1.22. The van der Waals surface area contributed by atoms with Crippen molar-refractivity contribution in [2.24, 2.45) is 0 Å². The lowest BCUT2D eigenvalue weighted by Gasteiger charge is -2.39. The molecule has 0 radical (unpaired) electrons. The average molecular weight is 322 g/mol. The molecule has 120 valence electrons. The number of carbonyl (C=O) groups is 1. The van der Waals surface area contributed by atoms with Crippen LogP contribution in [0.3, 0.4) is 0 Å². The highest BCUT2D eigenvalue weighted by Crippen LogP contribution is 2.25. The Kier molecular flexibility index (Phi) is 4.23. The number of aryl methyl sites for hydroxylation is 1. The standard InChI is InChI=1S/C16H22N2O3S/c1-13-4-6-14(7-5-13)18-8-2-3-15(16(18)19)17-9-11-22(20,21)12-10-17/h4-7,15H,2-3,8-12H2,1H3/t15-/m0/s1. The molecule has 2 fully saturated rings. The Hall–Kier alpha value is -1.40. The number of nitrogens with zero attached hydrogens (tertiary/aromatic N) is 2. The number of carbonyl (C=O) groups excluding carboxylic acids is 1. The second-order valence-electron chi connectivity index (χ2n) is 6.17. The molecule has 3 rings (SSSR count). The lowest BCUT2D eigenvalue weighted by atomic mass is 10.0. The van der Waals surface area contributed by atoms with Gasteiger partial charge in [-0.05, 0) is 31.9 Å². The zero-order valence-corrected chi connectivity index (χ0v) is 13.7. The lowest BCUT2D eigenvalue weighted by Crippen LogP contribution is -2.56. The van der Waals surface area contributed by atoms with E-state index in [1.807, 2.05) is 41.0 Å². The SMILES string of the molecule is Cc1ccc(N2CCC[C@H](N3CCS(=O)(=O)CC3)C2=O)cc1. The van der Waals surface area contributed by atoms with Gasteiger partial charge in [0.15, 0.2) is 9.84 Å². The van der Waals surface area contributed by atoms with E-state index in [0.717, 1.165) is 25.1 Å². The third-order valence-electron chi connectivity index (χ3n) is 4.58. The number of amides is 1. The molecule has 1 atom stereocenters. The summed E-state index contributed by atoms with van der Waals surface area (Å²) in [6.45, 7) is 3.71. The van der Waals surface area contributed by atoms with Gasteiger partial charge in [-0.1, -0.05) is 17.7 Å². The zero-order valence-electron chi connectivity index (χ0n) is 12.9. The van der Waals surface area contributed by atoms with E-state index in [0.29, 0.717) is 13.1 Å². The quantitative estimate of drug-likeness (QED) is 0.821. The molecule has 2 aliphatic heterocycles. The fraction of sp³-hybridized carbons (Fsp3) is 0.562. The van der Waals surface area contributed by atoms with Crippen molar-refractivity contribution in [2.75, 3.05) is 36.0 Å². The van der Waals surface area contributed by atoms with Crippen molar-refractivity contribution in [3.8, 4) is 0 Å². The van der Waals surface area contributed by atoms with E-state index in [1.54, 1.807) is 0 Å². The lowest BCUT2D eigenvalue weighted by molar-refractivity contribution is -0.125. The third kappa shape index (κ3) is 3.17. The highest BCUT2D eigenvalue weighted by atomic mass is 32.2. The molecule has 2 aliphatic rings. The summed E-state index contributed by atoms with van der Waals surface area (Å²) >= 11 is 0. The van der Waals surface area contributed by atoms with E-state index in [2.05, 4.69) is 0 Å². The summed E-state index contributed by atoms with van der Waals surface area (Å²) in [6.07, 6.45) is 1.77. The van der Waals surface area contributed by atoms with Crippen molar-refractivity contribution in [2.45, 2.75) is 25.8 Å². The van der Waals surface area contributed by atoms with Crippen LogP contribution in [0.1, 0.15) is 18.4 Å². The van der Waals surface area contributed by atoms with Crippen LogP contribution in [0, 0.1) is 6.92 Å². The molecule has 1 aromatic carbocycles. The van der Waals surface area contributed by atoms with Crippen LogP contribution in [0.2, 0.25) is 0 Å². The first kappa shape index (κ1) is 15.5. The molecular formula is C16H22N2O3S. The van der Waals surface area contributed by atoms with Crippen molar-refractivity contribution < 1.29 is 13.2 Å². The first-order chi connectivity index (χ1) is 10.5. The molecule has 0 spiro atoms. The van der Waals surface area contributed by atoms with Crippen LogP contribution in [-0.4, -0.2) is 56.4 Å². The van der Waals surface area contributed by atoms with Gasteiger partial charge in [0.05, 0.1) is 17.5 Å². The average Bonchev–Trinajstić information content (AvgIpc) is 2.49. The summed E-state index contributed by atoms with van der Waals surface area (Å²) in [6, 6.07) is 7.82. The molecule has 5 nitrogen and oxygen atoms in total. The predicted molar refractivity (Wildman–Crippen MR) is 86.8 cm³/mol. The van der Waals surface area contributed by atoms with E-state index in [-0.39, 0.29) is 23.5 Å². The highest BCUT2D eigenvalue weighted by Gasteiger charge is 2.36. The number of hydrogen-bond donors (Lipinski definition) is 0. The second-order valence-corrected chi connectivity index (χ2v) is 8.47. The Morgan fingerprint density at radius 1 is 1.05 bits per heavy atom. The molecule has 0 N–H and O–H groups in total. The van der Waals surface area contributed by atoms with Gasteiger partial charge in [-0.25, -0.2) is 8.42 Å². The van der Waals surface area contributed by atoms with Crippen LogP contribution < -0.4 is 4.90 Å². The molecule has 0 aliphatic carbocycles. The molecular weight excluding hydrogens is 300 g/mol. The summed E-state index contributed by atoms with van der Waals surface area (Å²) in [5.74, 6) is 0.442. The summed E-state index contributed by atoms with van der Waals surface area (Å²) in [5.41, 5.74) is 2.11. The molecule has 2 saturated heterocycles. The molecule has 6 heteroatoms. The Balaban J connectivity index is 1.74. The van der Waals surface area contributed by atoms with Crippen LogP contribution in [0.4, 0.5) is 5.69 Å². The minimum absolute atomic E-state index is 0.106. The molecule has 22 heavy (non-hydrogen) atoms. The van der Waals surface area contributed by atoms with Gasteiger partial charge in [0.25, 0.3) is 0 Å². The van der Waals surface area contributed by atoms with Gasteiger partial charge in [0.2, 0.25) is 5.91 Å². The fourth-order valence-corrected chi connectivity index (χ4v) is 4.44. The van der Waals surface area contributed by atoms with Crippen LogP contribution >= 0.6 is 0 Å². The monoisotopic (exact) mass is 322 g/mol. The maximum atomic E-state index is 12.8. The minimum atomic E-state index is -2.91. The molecule has 0 unspecified atom stereocenters. The van der Waals surface area contributed by atoms with Crippen molar-refractivity contribution in [1.82, 2.24) is 4.90 Å². The highest BCUT2D eigenvalue weighted by molar-refractivity contribution is 7.91. The molecule has 1 aromatic rings. The Bertz CT molecular complexity index is 640. The smallest absolute Gasteiger partial charge is 0.244 e. The summed E-state index contributed by atoms with van der Waals surface area (Å²) in [7, 11) is -2.91. The van der Waals surface area contributed by atoms with E-state index < -0.39 is 9.84 Å². The van der Waals surface area contributed by atoms with Gasteiger partial charge in [0, 0.05) is 25.3 Å². The fourth-order valence-electron chi connectivity index (χ4n) is 3.21. The number of rotatable bonds is 2. The van der Waals surface area contributed by atoms with E-state index in [4.69, 9.17) is 0 Å². The number of anilines is 1. The van der Waals surface area contributed by atoms with E-state index in [1.165, 1.54) is 5.56 Å². The van der Waals surface area contributed by atoms with Gasteiger partial charge in [-0.2, -0.15) is 0 Å². The Morgan fingerprint density at radius 2 is 1.68 bits per heavy atom. The van der Waals surface area contributed by atoms with Crippen molar-refractivity contribution in [3.63, 3.8) is 0 Å². The molecule has 2 heterocycles. The van der Waals surface area contributed by atoms with Crippen LogP contribution in [0.25, 0.3) is 0 Å². The number of piperidine rings is 1. The molecule has 0 bridgehead atoms. The number of sulfone groups is 1. The van der Waals surface area contributed by atoms with Gasteiger partial charge in [-0.3, -0.25) is 9.69 Å². The van der Waals surface area contributed by atoms with Crippen LogP contribution in [-0.2, 0) is 14.6 Å². The maximum absolute atomic E-state index is 12.8. The first-order valence-corrected chi connectivity index (χ1v) is 9.61. The van der Waals surface area contributed by atoms with E-state index in [9.17, 15) is 13.2 Å². The number of hydrogen-bond acceptors (Lipinski definition) is 4. The van der Waals surface area contributed by atoms with E-state index >= 15 is 0 Å². The Labute approximate surface area is 131 Å². The molecule has 0 aromatic heterocycles. The topological polar surface area (TPSA) is 57.7 Å². The van der Waals surface area contributed by atoms with Crippen molar-refractivity contribution >= 4 is 21.4 Å². The minimum Gasteiger partial charge on any atom is -0.311 e. The number of benzene rings is 1. The summed E-state index contributed by atoms with van der Waals surface area (Å²) in [4.78, 5) is 16.7. The van der Waals surface area contributed by atoms with Crippen molar-refractivity contribution in [1.29, 1.82) is 0 Å². The maximum Gasteiger partial charge on any atom is 0.244 e. The van der Waals surface area contributed by atoms with Gasteiger partial charge in [-0.15, -0.1) is 0 Å². The molecule has 1 amide bonds. The molecule has 0 saturated carbocycles. The summed E-state index contributed by atoms with van der Waals surface area (Å²) < 4.78 is 23.1. The van der Waals surface area contributed by atoms with Crippen molar-refractivity contribution in [3.05, 3.63) is 29.8 Å². The Morgan fingerprint density at radius 3 is 2.32 bits per heavy atom. The summed E-state index contributed by atoms with van der Waals surface area (Å²) in [5, 5.41) is 0. The largest absolute Gasteiger partial charge is 0.311 e. The van der Waals surface area contributed by atoms with Crippen LogP contribution in [0.5, 0.6) is 0 Å². The third-order valence-corrected chi connectivity index (χ3v) is 6.18. The first-order valence-electron chi connectivity index (χ1n) is 7.79. The van der Waals surface area contributed by atoms with Gasteiger partial charge >= 0.3 is 0 Å².